The number of nitrogens with zero attached hydrogens (tertiary/aromatic N) is 6. The lowest BCUT2D eigenvalue weighted by molar-refractivity contribution is -0.132. The number of halogens is 1. The van der Waals surface area contributed by atoms with Crippen LogP contribution in [0.1, 0.15) is 61.1 Å². The normalized spacial score (nSPS) is 21.2. The number of aromatic nitrogens is 2. The first kappa shape index (κ1) is 30.1. The number of piperidine rings is 1. The van der Waals surface area contributed by atoms with Gasteiger partial charge in [-0.1, -0.05) is 19.1 Å². The van der Waals surface area contributed by atoms with Crippen LogP contribution in [0.3, 0.4) is 0 Å². The maximum Gasteiger partial charge on any atom is 0.326 e. The van der Waals surface area contributed by atoms with E-state index < -0.39 is 23.5 Å². The largest absolute Gasteiger partial charge is 0.391 e. The molecule has 3 amide bonds. The van der Waals surface area contributed by atoms with Crippen LogP contribution in [0.2, 0.25) is 0 Å². The molecule has 0 radical (unpaired) electrons. The number of nitriles is 1. The summed E-state index contributed by atoms with van der Waals surface area (Å²) < 4.78 is 20.0. The zero-order valence-electron chi connectivity index (χ0n) is 24.1. The maximum absolute atomic E-state index is 13.8. The molecule has 41 heavy (non-hydrogen) atoms. The molecule has 11 nitrogen and oxygen atoms in total. The van der Waals surface area contributed by atoms with Gasteiger partial charge in [0.25, 0.3) is 5.91 Å². The van der Waals surface area contributed by atoms with Crippen LogP contribution in [-0.4, -0.2) is 89.0 Å². The summed E-state index contributed by atoms with van der Waals surface area (Å²) >= 11 is 0. The van der Waals surface area contributed by atoms with Gasteiger partial charge in [0.1, 0.15) is 17.4 Å². The maximum atomic E-state index is 13.8. The fourth-order valence-electron chi connectivity index (χ4n) is 5.57. The van der Waals surface area contributed by atoms with Crippen molar-refractivity contribution in [3.63, 3.8) is 0 Å². The second kappa shape index (κ2) is 12.0. The molecule has 220 valence electrons. The van der Waals surface area contributed by atoms with Crippen LogP contribution in [0, 0.1) is 28.5 Å². The molecular formula is C29H37FN6O5. The lowest BCUT2D eigenvalue weighted by Gasteiger charge is -2.36. The predicted molar refractivity (Wildman–Crippen MR) is 148 cm³/mol. The molecule has 2 aromatic rings. The number of likely N-dealkylation sites (tertiary alicyclic amines) is 2. The molecule has 12 heteroatoms. The van der Waals surface area contributed by atoms with Crippen LogP contribution in [-0.2, 0) is 16.1 Å². The van der Waals surface area contributed by atoms with Gasteiger partial charge in [-0.05, 0) is 43.9 Å². The summed E-state index contributed by atoms with van der Waals surface area (Å²) in [6.45, 7) is 6.19. The highest BCUT2D eigenvalue weighted by atomic mass is 19.1. The Morgan fingerprint density at radius 2 is 1.95 bits per heavy atom. The first-order valence-electron chi connectivity index (χ1n) is 13.7. The number of carbonyl (C=O) groups is 3. The van der Waals surface area contributed by atoms with E-state index in [9.17, 15) is 29.1 Å². The third-order valence-corrected chi connectivity index (χ3v) is 7.85. The molecule has 0 saturated carbocycles. The number of hydrogen-bond donors (Lipinski definition) is 1. The number of β-amino-alcohol motifs (C(OH)–C–C–N with tert-alkyl or cyclic N) is 1. The van der Waals surface area contributed by atoms with Crippen molar-refractivity contribution in [3.05, 3.63) is 46.9 Å². The van der Waals surface area contributed by atoms with Crippen molar-refractivity contribution in [1.82, 2.24) is 19.6 Å². The third kappa shape index (κ3) is 6.11. The van der Waals surface area contributed by atoms with E-state index in [0.717, 1.165) is 5.56 Å². The standard InChI is InChI=1S/C29H37FN6O5/c1-18-12-24(38)35(28(40)34-11-10-21(37)15-34)16-23(18)25-22(13-31)26(33(4)14-19-6-8-20(30)9-7-19)36(32-25)27(39)29(2,3)17-41-5/h6-9,18,21,23,37H,10-12,14-17H2,1-5H3. The molecule has 1 N–H and O–H groups in total. The number of urea groups is 1. The van der Waals surface area contributed by atoms with Gasteiger partial charge in [-0.15, -0.1) is 0 Å². The highest BCUT2D eigenvalue weighted by molar-refractivity contribution is 5.95. The van der Waals surface area contributed by atoms with Crippen LogP contribution >= 0.6 is 0 Å². The zero-order valence-corrected chi connectivity index (χ0v) is 24.1. The lowest BCUT2D eigenvalue weighted by atomic mass is 9.83. The van der Waals surface area contributed by atoms with E-state index in [4.69, 9.17) is 9.84 Å². The van der Waals surface area contributed by atoms with Gasteiger partial charge >= 0.3 is 6.03 Å². The summed E-state index contributed by atoms with van der Waals surface area (Å²) in [6.07, 6.45) is -0.121. The fraction of sp³-hybridized carbons (Fsp3) is 0.552. The number of methoxy groups -OCH3 is 1. The number of rotatable bonds is 7. The number of anilines is 1. The third-order valence-electron chi connectivity index (χ3n) is 7.85. The quantitative estimate of drug-likeness (QED) is 0.539. The first-order chi connectivity index (χ1) is 19.4. The first-order valence-corrected chi connectivity index (χ1v) is 13.7. The van der Waals surface area contributed by atoms with Crippen molar-refractivity contribution in [1.29, 1.82) is 5.26 Å². The molecule has 0 bridgehead atoms. The van der Waals surface area contributed by atoms with Crippen molar-refractivity contribution in [2.75, 3.05) is 45.3 Å². The average Bonchev–Trinajstić information content (AvgIpc) is 3.53. The van der Waals surface area contributed by atoms with Crippen LogP contribution < -0.4 is 4.90 Å². The van der Waals surface area contributed by atoms with E-state index in [0.29, 0.717) is 18.7 Å². The van der Waals surface area contributed by atoms with Gasteiger partial charge in [0.2, 0.25) is 5.91 Å². The fourth-order valence-corrected chi connectivity index (χ4v) is 5.57. The summed E-state index contributed by atoms with van der Waals surface area (Å²) in [5, 5.41) is 25.0. The Kier molecular flexibility index (Phi) is 8.80. The molecule has 0 aliphatic carbocycles. The minimum atomic E-state index is -0.983. The molecule has 0 spiro atoms. The minimum Gasteiger partial charge on any atom is -0.391 e. The Morgan fingerprint density at radius 1 is 1.27 bits per heavy atom. The van der Waals surface area contributed by atoms with E-state index in [-0.39, 0.29) is 67.6 Å². The molecule has 3 heterocycles. The summed E-state index contributed by atoms with van der Waals surface area (Å²) in [7, 11) is 3.22. The molecule has 2 saturated heterocycles. The second-order valence-corrected chi connectivity index (χ2v) is 11.7. The lowest BCUT2D eigenvalue weighted by Crippen LogP contribution is -2.51. The van der Waals surface area contributed by atoms with Crippen LogP contribution in [0.15, 0.2) is 24.3 Å². The molecule has 2 aliphatic heterocycles. The van der Waals surface area contributed by atoms with Crippen LogP contribution in [0.5, 0.6) is 0 Å². The Hall–Kier alpha value is -3.82. The molecule has 2 fully saturated rings. The number of benzene rings is 1. The van der Waals surface area contributed by atoms with Gasteiger partial charge < -0.3 is 19.6 Å². The highest BCUT2D eigenvalue weighted by Gasteiger charge is 2.43. The second-order valence-electron chi connectivity index (χ2n) is 11.7. The Morgan fingerprint density at radius 3 is 2.54 bits per heavy atom. The Bertz CT molecular complexity index is 1350. The molecule has 4 rings (SSSR count). The van der Waals surface area contributed by atoms with Crippen molar-refractivity contribution >= 4 is 23.7 Å². The molecule has 2 aliphatic rings. The van der Waals surface area contributed by atoms with Crippen molar-refractivity contribution in [2.45, 2.75) is 52.2 Å². The van der Waals surface area contributed by atoms with E-state index >= 15 is 0 Å². The van der Waals surface area contributed by atoms with Gasteiger partial charge in [0.05, 0.1) is 23.8 Å². The van der Waals surface area contributed by atoms with E-state index in [1.54, 1.807) is 37.9 Å². The van der Waals surface area contributed by atoms with Crippen molar-refractivity contribution < 1.29 is 28.6 Å². The number of carbonyl (C=O) groups excluding carboxylic acids is 3. The Labute approximate surface area is 239 Å². The molecule has 1 aromatic carbocycles. The number of imide groups is 1. The molecule has 3 atom stereocenters. The van der Waals surface area contributed by atoms with E-state index in [1.807, 2.05) is 6.92 Å². The number of hydrogen-bond acceptors (Lipinski definition) is 8. The number of aliphatic hydroxyl groups is 1. The predicted octanol–water partition coefficient (Wildman–Crippen LogP) is 2.98. The average molecular weight is 569 g/mol. The van der Waals surface area contributed by atoms with Crippen molar-refractivity contribution in [3.8, 4) is 6.07 Å². The summed E-state index contributed by atoms with van der Waals surface area (Å²) in [5.74, 6) is -1.59. The monoisotopic (exact) mass is 568 g/mol. The number of ether oxygens (including phenoxy) is 1. The van der Waals surface area contributed by atoms with Crippen LogP contribution in [0.4, 0.5) is 15.0 Å². The van der Waals surface area contributed by atoms with Gasteiger partial charge in [-0.25, -0.2) is 9.18 Å². The minimum absolute atomic E-state index is 0.00606. The Balaban J connectivity index is 1.76. The van der Waals surface area contributed by atoms with Gasteiger partial charge in [0.15, 0.2) is 5.82 Å². The zero-order chi connectivity index (χ0) is 30.1. The highest BCUT2D eigenvalue weighted by Crippen LogP contribution is 2.38. The summed E-state index contributed by atoms with van der Waals surface area (Å²) in [4.78, 5) is 44.4. The SMILES string of the molecule is COCC(C)(C)C(=O)n1nc(C2CN(C(=O)N3CCC(O)C3)C(=O)CC2C)c(C#N)c1N(C)Cc1ccc(F)cc1. The van der Waals surface area contributed by atoms with Crippen molar-refractivity contribution in [2.24, 2.45) is 11.3 Å². The van der Waals surface area contributed by atoms with Crippen LogP contribution in [0.25, 0.3) is 0 Å². The molecular weight excluding hydrogens is 531 g/mol. The number of aliphatic hydroxyl groups excluding tert-OH is 1. The smallest absolute Gasteiger partial charge is 0.326 e. The molecule has 3 unspecified atom stereocenters. The van der Waals surface area contributed by atoms with Gasteiger partial charge in [-0.2, -0.15) is 15.0 Å². The van der Waals surface area contributed by atoms with E-state index in [2.05, 4.69) is 6.07 Å². The summed E-state index contributed by atoms with van der Waals surface area (Å²) in [6, 6.07) is 7.70. The van der Waals surface area contributed by atoms with Gasteiger partial charge in [0, 0.05) is 52.7 Å². The van der Waals surface area contributed by atoms with Gasteiger partial charge in [-0.3, -0.25) is 14.5 Å². The van der Waals surface area contributed by atoms with E-state index in [1.165, 1.54) is 33.7 Å². The number of amides is 3. The topological polar surface area (TPSA) is 132 Å². The molecule has 1 aromatic heterocycles. The summed E-state index contributed by atoms with van der Waals surface area (Å²) in [5.41, 5.74) is 0.278.